The summed E-state index contributed by atoms with van der Waals surface area (Å²) in [5.41, 5.74) is 1.23. The second-order valence-corrected chi connectivity index (χ2v) is 4.43. The van der Waals surface area contributed by atoms with Gasteiger partial charge in [0.15, 0.2) is 0 Å². The number of esters is 1. The van der Waals surface area contributed by atoms with E-state index in [9.17, 15) is 4.79 Å². The van der Waals surface area contributed by atoms with Crippen LogP contribution in [-0.4, -0.2) is 43.2 Å². The van der Waals surface area contributed by atoms with Crippen LogP contribution in [0.5, 0.6) is 0 Å². The molecule has 0 radical (unpaired) electrons. The second-order valence-electron chi connectivity index (χ2n) is 4.43. The SMILES string of the molecule is CCOC(=O)[C@H]1CNCCN1Cc1ccccc1. The Balaban J connectivity index is 2.01. The maximum atomic E-state index is 11.9. The molecule has 0 unspecified atom stereocenters. The lowest BCUT2D eigenvalue weighted by molar-refractivity contribution is -0.150. The minimum Gasteiger partial charge on any atom is -0.465 e. The Morgan fingerprint density at radius 3 is 2.94 bits per heavy atom. The van der Waals surface area contributed by atoms with Crippen molar-refractivity contribution < 1.29 is 9.53 Å². The summed E-state index contributed by atoms with van der Waals surface area (Å²) in [7, 11) is 0. The monoisotopic (exact) mass is 248 g/mol. The van der Waals surface area contributed by atoms with Gasteiger partial charge in [0.1, 0.15) is 6.04 Å². The predicted octanol–water partition coefficient (Wildman–Crippen LogP) is 1.02. The first-order valence-corrected chi connectivity index (χ1v) is 6.46. The van der Waals surface area contributed by atoms with Crippen LogP contribution >= 0.6 is 0 Å². The summed E-state index contributed by atoms with van der Waals surface area (Å²) >= 11 is 0. The molecule has 1 saturated heterocycles. The van der Waals surface area contributed by atoms with Crippen molar-refractivity contribution in [2.75, 3.05) is 26.2 Å². The first-order valence-electron chi connectivity index (χ1n) is 6.46. The Hall–Kier alpha value is -1.39. The molecule has 4 heteroatoms. The molecule has 1 aromatic rings. The summed E-state index contributed by atoms with van der Waals surface area (Å²) in [5, 5.41) is 3.25. The van der Waals surface area contributed by atoms with Gasteiger partial charge in [-0.1, -0.05) is 30.3 Å². The molecule has 1 N–H and O–H groups in total. The van der Waals surface area contributed by atoms with E-state index in [2.05, 4.69) is 22.3 Å². The maximum absolute atomic E-state index is 11.9. The highest BCUT2D eigenvalue weighted by Gasteiger charge is 2.29. The van der Waals surface area contributed by atoms with Gasteiger partial charge in [-0.25, -0.2) is 0 Å². The van der Waals surface area contributed by atoms with Crippen LogP contribution in [0.25, 0.3) is 0 Å². The van der Waals surface area contributed by atoms with E-state index in [4.69, 9.17) is 4.74 Å². The quantitative estimate of drug-likeness (QED) is 0.808. The zero-order valence-corrected chi connectivity index (χ0v) is 10.8. The standard InChI is InChI=1S/C14H20N2O2/c1-2-18-14(17)13-10-15-8-9-16(13)11-12-6-4-3-5-7-12/h3-7,13,15H,2,8-11H2,1H3/t13-/m1/s1. The fraction of sp³-hybridized carbons (Fsp3) is 0.500. The Bertz CT molecular complexity index is 381. The Labute approximate surface area is 108 Å². The predicted molar refractivity (Wildman–Crippen MR) is 70.1 cm³/mol. The second kappa shape index (κ2) is 6.52. The van der Waals surface area contributed by atoms with E-state index in [0.717, 1.165) is 19.6 Å². The molecule has 1 fully saturated rings. The average molecular weight is 248 g/mol. The van der Waals surface area contributed by atoms with E-state index in [1.54, 1.807) is 0 Å². The molecule has 0 amide bonds. The highest BCUT2D eigenvalue weighted by molar-refractivity contribution is 5.76. The summed E-state index contributed by atoms with van der Waals surface area (Å²) in [6.07, 6.45) is 0. The molecule has 2 rings (SSSR count). The number of hydrogen-bond donors (Lipinski definition) is 1. The van der Waals surface area contributed by atoms with Crippen molar-refractivity contribution in [3.63, 3.8) is 0 Å². The molecule has 1 aliphatic rings. The van der Waals surface area contributed by atoms with Crippen LogP contribution in [0.15, 0.2) is 30.3 Å². The fourth-order valence-electron chi connectivity index (χ4n) is 2.22. The molecule has 98 valence electrons. The van der Waals surface area contributed by atoms with E-state index in [1.807, 2.05) is 25.1 Å². The lowest BCUT2D eigenvalue weighted by atomic mass is 10.1. The first kappa shape index (κ1) is 13.1. The number of hydrogen-bond acceptors (Lipinski definition) is 4. The smallest absolute Gasteiger partial charge is 0.324 e. The molecule has 18 heavy (non-hydrogen) atoms. The molecule has 0 saturated carbocycles. The van der Waals surface area contributed by atoms with Crippen molar-refractivity contribution >= 4 is 5.97 Å². The maximum Gasteiger partial charge on any atom is 0.324 e. The number of piperazine rings is 1. The van der Waals surface area contributed by atoms with E-state index >= 15 is 0 Å². The van der Waals surface area contributed by atoms with Gasteiger partial charge in [-0.3, -0.25) is 9.69 Å². The molecule has 1 atom stereocenters. The van der Waals surface area contributed by atoms with Crippen LogP contribution in [0.2, 0.25) is 0 Å². The van der Waals surface area contributed by atoms with Crippen LogP contribution in [0.4, 0.5) is 0 Å². The van der Waals surface area contributed by atoms with Gasteiger partial charge in [0.2, 0.25) is 0 Å². The van der Waals surface area contributed by atoms with Crippen LogP contribution < -0.4 is 5.32 Å². The van der Waals surface area contributed by atoms with Gasteiger partial charge in [0.25, 0.3) is 0 Å². The summed E-state index contributed by atoms with van der Waals surface area (Å²) in [5.74, 6) is -0.124. The van der Waals surface area contributed by atoms with E-state index in [1.165, 1.54) is 5.56 Å². The Kier molecular flexibility index (Phi) is 4.73. The number of nitrogens with one attached hydrogen (secondary N) is 1. The lowest BCUT2D eigenvalue weighted by Crippen LogP contribution is -2.54. The van der Waals surface area contributed by atoms with Gasteiger partial charge < -0.3 is 10.1 Å². The third-order valence-corrected chi connectivity index (χ3v) is 3.14. The molecule has 4 nitrogen and oxygen atoms in total. The molecule has 0 bridgehead atoms. The number of benzene rings is 1. The van der Waals surface area contributed by atoms with Crippen molar-refractivity contribution in [3.05, 3.63) is 35.9 Å². The Morgan fingerprint density at radius 2 is 2.22 bits per heavy atom. The van der Waals surface area contributed by atoms with Gasteiger partial charge in [-0.15, -0.1) is 0 Å². The number of carbonyl (C=O) groups excluding carboxylic acids is 1. The molecular formula is C14H20N2O2. The third kappa shape index (κ3) is 3.31. The summed E-state index contributed by atoms with van der Waals surface area (Å²) in [6.45, 7) is 5.54. The van der Waals surface area contributed by atoms with Crippen molar-refractivity contribution in [1.29, 1.82) is 0 Å². The average Bonchev–Trinajstić information content (AvgIpc) is 2.41. The van der Waals surface area contributed by atoms with Crippen molar-refractivity contribution in [2.24, 2.45) is 0 Å². The van der Waals surface area contributed by atoms with E-state index < -0.39 is 0 Å². The van der Waals surface area contributed by atoms with Crippen molar-refractivity contribution in [3.8, 4) is 0 Å². The van der Waals surface area contributed by atoms with Gasteiger partial charge in [-0.05, 0) is 12.5 Å². The molecule has 1 heterocycles. The minimum absolute atomic E-state index is 0.124. The first-order chi connectivity index (χ1) is 8.81. The number of ether oxygens (including phenoxy) is 1. The molecule has 1 aliphatic heterocycles. The van der Waals surface area contributed by atoms with Gasteiger partial charge in [-0.2, -0.15) is 0 Å². The van der Waals surface area contributed by atoms with Crippen molar-refractivity contribution in [1.82, 2.24) is 10.2 Å². The molecule has 1 aromatic carbocycles. The lowest BCUT2D eigenvalue weighted by Gasteiger charge is -2.34. The van der Waals surface area contributed by atoms with Gasteiger partial charge in [0.05, 0.1) is 6.61 Å². The van der Waals surface area contributed by atoms with Crippen LogP contribution in [0.3, 0.4) is 0 Å². The Morgan fingerprint density at radius 1 is 1.44 bits per heavy atom. The van der Waals surface area contributed by atoms with E-state index in [0.29, 0.717) is 13.2 Å². The molecule has 0 aromatic heterocycles. The highest BCUT2D eigenvalue weighted by atomic mass is 16.5. The molecule has 0 spiro atoms. The number of rotatable bonds is 4. The van der Waals surface area contributed by atoms with Crippen LogP contribution in [0, 0.1) is 0 Å². The van der Waals surface area contributed by atoms with Crippen LogP contribution in [0.1, 0.15) is 12.5 Å². The summed E-state index contributed by atoms with van der Waals surface area (Å²) in [4.78, 5) is 14.1. The van der Waals surface area contributed by atoms with Gasteiger partial charge >= 0.3 is 5.97 Å². The molecular weight excluding hydrogens is 228 g/mol. The largest absolute Gasteiger partial charge is 0.465 e. The summed E-state index contributed by atoms with van der Waals surface area (Å²) < 4.78 is 5.13. The highest BCUT2D eigenvalue weighted by Crippen LogP contribution is 2.11. The number of carbonyl (C=O) groups is 1. The molecule has 0 aliphatic carbocycles. The van der Waals surface area contributed by atoms with Crippen molar-refractivity contribution in [2.45, 2.75) is 19.5 Å². The zero-order chi connectivity index (χ0) is 12.8. The fourth-order valence-corrected chi connectivity index (χ4v) is 2.22. The number of nitrogens with zero attached hydrogens (tertiary/aromatic N) is 1. The summed E-state index contributed by atoms with van der Waals surface area (Å²) in [6, 6.07) is 10.1. The van der Waals surface area contributed by atoms with Gasteiger partial charge in [0, 0.05) is 26.2 Å². The zero-order valence-electron chi connectivity index (χ0n) is 10.8. The topological polar surface area (TPSA) is 41.6 Å². The normalized spacial score (nSPS) is 20.6. The van der Waals surface area contributed by atoms with Crippen LogP contribution in [-0.2, 0) is 16.1 Å². The van der Waals surface area contributed by atoms with E-state index in [-0.39, 0.29) is 12.0 Å². The third-order valence-electron chi connectivity index (χ3n) is 3.14. The minimum atomic E-state index is -0.168.